The molecule has 1 aromatic heterocycles. The van der Waals surface area contributed by atoms with Crippen molar-refractivity contribution < 1.29 is 14.3 Å². The minimum atomic E-state index is -0.525. The molecule has 0 aromatic carbocycles. The number of ether oxygens (including phenoxy) is 2. The van der Waals surface area contributed by atoms with Gasteiger partial charge in [0.15, 0.2) is 0 Å². The van der Waals surface area contributed by atoms with Gasteiger partial charge in [-0.3, -0.25) is 9.79 Å². The number of nitrogens with zero attached hydrogens (tertiary/aromatic N) is 2. The van der Waals surface area contributed by atoms with Crippen LogP contribution in [0, 0.1) is 0 Å². The van der Waals surface area contributed by atoms with E-state index in [1.807, 2.05) is 12.1 Å². The number of nitrogens with two attached hydrogens (primary N) is 1. The first-order chi connectivity index (χ1) is 12.1. The molecule has 0 unspecified atom stereocenters. The maximum Gasteiger partial charge on any atom is 0.254 e. The quantitative estimate of drug-likeness (QED) is 0.400. The van der Waals surface area contributed by atoms with Gasteiger partial charge < -0.3 is 25.8 Å². The molecule has 2 bridgehead atoms. The summed E-state index contributed by atoms with van der Waals surface area (Å²) in [7, 11) is 4.73. The summed E-state index contributed by atoms with van der Waals surface area (Å²) in [6.07, 6.45) is 3.81. The molecule has 134 valence electrons. The van der Waals surface area contributed by atoms with Gasteiger partial charge >= 0.3 is 0 Å². The number of methoxy groups -OCH3 is 2. The highest BCUT2D eigenvalue weighted by atomic mass is 16.7. The van der Waals surface area contributed by atoms with Crippen LogP contribution in [0.2, 0.25) is 0 Å². The molecule has 0 saturated heterocycles. The van der Waals surface area contributed by atoms with Crippen molar-refractivity contribution in [1.29, 1.82) is 0 Å². The fraction of sp³-hybridized carbons (Fsp3) is 0.471. The van der Waals surface area contributed by atoms with Crippen LogP contribution in [0.3, 0.4) is 0 Å². The molecule has 8 nitrogen and oxygen atoms in total. The molecule has 1 amide bonds. The van der Waals surface area contributed by atoms with Crippen LogP contribution >= 0.6 is 0 Å². The Balaban J connectivity index is 1.88. The van der Waals surface area contributed by atoms with Gasteiger partial charge in [0.1, 0.15) is 5.82 Å². The van der Waals surface area contributed by atoms with E-state index in [0.717, 1.165) is 24.2 Å². The highest BCUT2D eigenvalue weighted by Crippen LogP contribution is 2.50. The van der Waals surface area contributed by atoms with E-state index >= 15 is 0 Å². The van der Waals surface area contributed by atoms with Crippen molar-refractivity contribution in [3.05, 3.63) is 35.2 Å². The fourth-order valence-electron chi connectivity index (χ4n) is 3.51. The largest absolute Gasteiger partial charge is 0.404 e. The normalized spacial score (nSPS) is 24.6. The number of rotatable bonds is 6. The predicted molar refractivity (Wildman–Crippen MR) is 94.1 cm³/mol. The van der Waals surface area contributed by atoms with Crippen LogP contribution in [-0.2, 0) is 19.8 Å². The summed E-state index contributed by atoms with van der Waals surface area (Å²) in [6, 6.07) is 4.10. The monoisotopic (exact) mass is 345 g/mol. The first kappa shape index (κ1) is 17.4. The zero-order chi connectivity index (χ0) is 18.0. The van der Waals surface area contributed by atoms with Gasteiger partial charge in [-0.25, -0.2) is 4.98 Å². The number of hydrogen-bond acceptors (Lipinski definition) is 7. The van der Waals surface area contributed by atoms with E-state index in [2.05, 4.69) is 20.6 Å². The second-order valence-corrected chi connectivity index (χ2v) is 6.23. The average molecular weight is 345 g/mol. The van der Waals surface area contributed by atoms with Gasteiger partial charge in [0.05, 0.1) is 16.8 Å². The Hall–Kier alpha value is -2.45. The van der Waals surface area contributed by atoms with E-state index in [0.29, 0.717) is 11.3 Å². The van der Waals surface area contributed by atoms with Crippen molar-refractivity contribution in [2.24, 2.45) is 10.7 Å². The molecule has 1 aliphatic carbocycles. The van der Waals surface area contributed by atoms with E-state index in [1.165, 1.54) is 12.4 Å². The number of hydrogen-bond donors (Lipinski definition) is 3. The van der Waals surface area contributed by atoms with Gasteiger partial charge in [0, 0.05) is 45.3 Å². The van der Waals surface area contributed by atoms with E-state index < -0.39 is 11.8 Å². The number of amides is 1. The van der Waals surface area contributed by atoms with Gasteiger partial charge in [-0.2, -0.15) is 0 Å². The van der Waals surface area contributed by atoms with Crippen molar-refractivity contribution in [1.82, 2.24) is 10.3 Å². The zero-order valence-electron chi connectivity index (χ0n) is 14.6. The molecule has 3 heterocycles. The second kappa shape index (κ2) is 6.81. The third-order valence-corrected chi connectivity index (χ3v) is 4.70. The Morgan fingerprint density at radius 2 is 2.20 bits per heavy atom. The lowest BCUT2D eigenvalue weighted by Gasteiger charge is -2.53. The number of anilines is 1. The predicted octanol–water partition coefficient (Wildman–Crippen LogP) is 0.816. The molecule has 4 N–H and O–H groups in total. The molecule has 1 fully saturated rings. The van der Waals surface area contributed by atoms with Gasteiger partial charge in [0.25, 0.3) is 5.91 Å². The Morgan fingerprint density at radius 3 is 2.80 bits per heavy atom. The second-order valence-electron chi connectivity index (χ2n) is 6.23. The van der Waals surface area contributed by atoms with Crippen molar-refractivity contribution in [3.63, 3.8) is 0 Å². The first-order valence-corrected chi connectivity index (χ1v) is 8.07. The lowest BCUT2D eigenvalue weighted by molar-refractivity contribution is -0.120. The molecular weight excluding hydrogens is 322 g/mol. The Bertz CT molecular complexity index is 721. The molecule has 8 heteroatoms. The van der Waals surface area contributed by atoms with Crippen LogP contribution in [0.1, 0.15) is 30.4 Å². The highest BCUT2D eigenvalue weighted by molar-refractivity contribution is 6.12. The number of nitrogens with one attached hydrogen (secondary N) is 2. The third-order valence-electron chi connectivity index (χ3n) is 4.70. The minimum Gasteiger partial charge on any atom is -0.404 e. The van der Waals surface area contributed by atoms with Crippen LogP contribution in [0.5, 0.6) is 0 Å². The van der Waals surface area contributed by atoms with Gasteiger partial charge in [-0.05, 0) is 18.9 Å². The first-order valence-electron chi connectivity index (χ1n) is 8.07. The van der Waals surface area contributed by atoms with E-state index in [-0.39, 0.29) is 11.9 Å². The number of aliphatic imine (C=N–C) groups is 1. The van der Waals surface area contributed by atoms with E-state index in [4.69, 9.17) is 15.2 Å². The highest BCUT2D eigenvalue weighted by Gasteiger charge is 2.52. The average Bonchev–Trinajstić information content (AvgIpc) is 2.59. The topological polar surface area (TPSA) is 111 Å². The van der Waals surface area contributed by atoms with Crippen molar-refractivity contribution >= 4 is 17.9 Å². The summed E-state index contributed by atoms with van der Waals surface area (Å²) in [4.78, 5) is 21.0. The van der Waals surface area contributed by atoms with Gasteiger partial charge in [-0.1, -0.05) is 6.07 Å². The van der Waals surface area contributed by atoms with Crippen molar-refractivity contribution in [2.45, 2.75) is 30.7 Å². The molecule has 0 atom stereocenters. The Kier molecular flexibility index (Phi) is 4.73. The number of carbonyl (C=O) groups excluding carboxylic acids is 1. The summed E-state index contributed by atoms with van der Waals surface area (Å²) in [6.45, 7) is 0. The van der Waals surface area contributed by atoms with Crippen molar-refractivity contribution in [2.75, 3.05) is 26.6 Å². The van der Waals surface area contributed by atoms with Gasteiger partial charge in [0.2, 0.25) is 6.29 Å². The lowest BCUT2D eigenvalue weighted by Crippen LogP contribution is -2.62. The molecule has 1 aromatic rings. The SMILES string of the molecule is CN=CC(=CN)C(=O)NC12CC(C1)Nc1nc(C(OC)OC)ccc12. The molecule has 4 rings (SSSR count). The van der Waals surface area contributed by atoms with Gasteiger partial charge in [-0.15, -0.1) is 0 Å². The Morgan fingerprint density at radius 1 is 1.48 bits per heavy atom. The van der Waals surface area contributed by atoms with Crippen LogP contribution in [0.25, 0.3) is 0 Å². The maximum absolute atomic E-state index is 12.5. The fourth-order valence-corrected chi connectivity index (χ4v) is 3.51. The molecule has 1 saturated carbocycles. The minimum absolute atomic E-state index is 0.241. The standard InChI is InChI=1S/C17H23N5O3/c1-19-9-10(8-18)15(23)22-17-6-11(7-17)20-14-12(17)4-5-13(21-14)16(24-2)25-3/h4-5,8-9,11,16H,6-7,18H2,1-3H3,(H,20,21)(H,22,23). The molecular formula is C17H23N5O3. The molecule has 0 spiro atoms. The summed E-state index contributed by atoms with van der Waals surface area (Å²) >= 11 is 0. The summed E-state index contributed by atoms with van der Waals surface area (Å²) in [5.74, 6) is 0.511. The number of aromatic nitrogens is 1. The maximum atomic E-state index is 12.5. The zero-order valence-corrected chi connectivity index (χ0v) is 14.6. The third kappa shape index (κ3) is 2.98. The molecule has 0 radical (unpaired) electrons. The van der Waals surface area contributed by atoms with E-state index in [9.17, 15) is 4.79 Å². The summed E-state index contributed by atoms with van der Waals surface area (Å²) in [5.41, 5.74) is 7.08. The molecule has 3 aliphatic rings. The Labute approximate surface area is 146 Å². The summed E-state index contributed by atoms with van der Waals surface area (Å²) in [5, 5.41) is 6.51. The van der Waals surface area contributed by atoms with E-state index in [1.54, 1.807) is 21.3 Å². The van der Waals surface area contributed by atoms with Crippen LogP contribution in [0.15, 0.2) is 28.9 Å². The lowest BCUT2D eigenvalue weighted by atomic mass is 9.65. The van der Waals surface area contributed by atoms with Crippen LogP contribution in [0.4, 0.5) is 5.82 Å². The van der Waals surface area contributed by atoms with Crippen LogP contribution in [-0.4, -0.2) is 44.4 Å². The molecule has 25 heavy (non-hydrogen) atoms. The summed E-state index contributed by atoms with van der Waals surface area (Å²) < 4.78 is 10.5. The molecule has 2 aliphatic heterocycles. The van der Waals surface area contributed by atoms with Crippen molar-refractivity contribution in [3.8, 4) is 0 Å². The smallest absolute Gasteiger partial charge is 0.254 e. The van der Waals surface area contributed by atoms with Crippen LogP contribution < -0.4 is 16.4 Å². The number of pyridine rings is 1. The number of carbonyl (C=O) groups is 1.